The van der Waals surface area contributed by atoms with Gasteiger partial charge in [0, 0.05) is 19.3 Å². The Balaban J connectivity index is 0.00000281. The quantitative estimate of drug-likeness (QED) is 0.315. The van der Waals surface area contributed by atoms with Crippen molar-refractivity contribution in [3.63, 3.8) is 0 Å². The van der Waals surface area contributed by atoms with Gasteiger partial charge >= 0.3 is 18.2 Å². The molecule has 0 bridgehead atoms. The zero-order chi connectivity index (χ0) is 31.9. The van der Waals surface area contributed by atoms with Gasteiger partial charge in [0.15, 0.2) is 0 Å². The lowest BCUT2D eigenvalue weighted by atomic mass is 10.1. The monoisotopic (exact) mass is 586 g/mol. The Labute approximate surface area is 246 Å². The molecule has 1 atom stereocenters. The Morgan fingerprint density at radius 3 is 2.14 bits per heavy atom. The minimum Gasteiger partial charge on any atom is -0.478 e. The first-order chi connectivity index (χ1) is 19.7. The number of alkyl carbamates (subject to hydrolysis) is 1. The van der Waals surface area contributed by atoms with E-state index in [0.29, 0.717) is 16.8 Å². The highest BCUT2D eigenvalue weighted by atomic mass is 16.6. The van der Waals surface area contributed by atoms with E-state index in [4.69, 9.17) is 9.47 Å². The van der Waals surface area contributed by atoms with Crippen LogP contribution in [0.5, 0.6) is 0 Å². The Bertz CT molecular complexity index is 1210. The predicted molar refractivity (Wildman–Crippen MR) is 158 cm³/mol. The molecule has 12 nitrogen and oxygen atoms in total. The zero-order valence-electron chi connectivity index (χ0n) is 25.3. The summed E-state index contributed by atoms with van der Waals surface area (Å²) in [5, 5.41) is 16.8. The number of hydrogen-bond donors (Lipinski definition) is 4. The summed E-state index contributed by atoms with van der Waals surface area (Å²) in [6.45, 7) is 10.5. The molecule has 2 aromatic carbocycles. The minimum absolute atomic E-state index is 0.0327. The Morgan fingerprint density at radius 1 is 0.976 bits per heavy atom. The van der Waals surface area contributed by atoms with Crippen LogP contribution in [-0.4, -0.2) is 65.2 Å². The van der Waals surface area contributed by atoms with Crippen LogP contribution < -0.4 is 16.0 Å². The number of nitrogens with one attached hydrogen (secondary N) is 3. The molecule has 0 radical (unpaired) electrons. The maximum absolute atomic E-state index is 12.4. The number of carbonyl (C=O) groups is 5. The molecule has 4 amide bonds. The molecule has 2 aromatic rings. The number of nitrogens with zero attached hydrogens (tertiary/aromatic N) is 1. The SMILES string of the molecule is CC(NC(=O)CNC(=O)OC(C)(C)C)C(=O)Nc1ccc(COC(=O)N(C)Cc2ccccc2C(=O)O)cc1.CCC. The number of benzene rings is 2. The van der Waals surface area contributed by atoms with Gasteiger partial charge in [0.2, 0.25) is 11.8 Å². The normalized spacial score (nSPS) is 11.1. The summed E-state index contributed by atoms with van der Waals surface area (Å²) in [5.41, 5.74) is 1.02. The average molecular weight is 587 g/mol. The molecule has 0 fully saturated rings. The number of carboxylic acid groups (broad SMARTS) is 1. The number of hydrogen-bond acceptors (Lipinski definition) is 7. The number of amides is 4. The van der Waals surface area contributed by atoms with E-state index in [2.05, 4.69) is 29.8 Å². The summed E-state index contributed by atoms with van der Waals surface area (Å²) in [5.74, 6) is -2.10. The molecular weight excluding hydrogens is 544 g/mol. The first-order valence-corrected chi connectivity index (χ1v) is 13.5. The maximum atomic E-state index is 12.4. The molecule has 4 N–H and O–H groups in total. The van der Waals surface area contributed by atoms with Crippen LogP contribution >= 0.6 is 0 Å². The highest BCUT2D eigenvalue weighted by Gasteiger charge is 2.19. The van der Waals surface area contributed by atoms with Crippen molar-refractivity contribution < 1.29 is 38.6 Å². The second-order valence-corrected chi connectivity index (χ2v) is 10.4. The van der Waals surface area contributed by atoms with Crippen LogP contribution in [0.25, 0.3) is 0 Å². The van der Waals surface area contributed by atoms with Gasteiger partial charge in [-0.2, -0.15) is 0 Å². The third-order valence-electron chi connectivity index (χ3n) is 5.11. The second-order valence-electron chi connectivity index (χ2n) is 10.4. The number of rotatable bonds is 10. The average Bonchev–Trinajstić information content (AvgIpc) is 2.91. The fourth-order valence-corrected chi connectivity index (χ4v) is 3.20. The summed E-state index contributed by atoms with van der Waals surface area (Å²) in [6, 6.07) is 12.1. The van der Waals surface area contributed by atoms with Crippen LogP contribution in [0.15, 0.2) is 48.5 Å². The molecule has 0 heterocycles. The molecule has 0 aliphatic rings. The fraction of sp³-hybridized carbons (Fsp3) is 0.433. The molecule has 1 unspecified atom stereocenters. The van der Waals surface area contributed by atoms with Crippen LogP contribution in [0.3, 0.4) is 0 Å². The van der Waals surface area contributed by atoms with E-state index in [1.807, 2.05) is 0 Å². The van der Waals surface area contributed by atoms with E-state index in [1.165, 1.54) is 31.4 Å². The van der Waals surface area contributed by atoms with E-state index < -0.39 is 41.6 Å². The molecule has 2 rings (SSSR count). The molecule has 230 valence electrons. The summed E-state index contributed by atoms with van der Waals surface area (Å²) >= 11 is 0. The Hall–Kier alpha value is -4.61. The minimum atomic E-state index is -1.08. The lowest BCUT2D eigenvalue weighted by molar-refractivity contribution is -0.125. The summed E-state index contributed by atoms with van der Waals surface area (Å²) in [7, 11) is 1.51. The molecule has 0 saturated carbocycles. The van der Waals surface area contributed by atoms with E-state index >= 15 is 0 Å². The molecule has 0 saturated heterocycles. The highest BCUT2D eigenvalue weighted by Crippen LogP contribution is 2.14. The first-order valence-electron chi connectivity index (χ1n) is 13.5. The predicted octanol–water partition coefficient (Wildman–Crippen LogP) is 4.54. The third kappa shape index (κ3) is 13.6. The van der Waals surface area contributed by atoms with E-state index in [0.717, 1.165) is 0 Å². The number of carboxylic acids is 1. The lowest BCUT2D eigenvalue weighted by Crippen LogP contribution is -2.46. The molecule has 0 spiro atoms. The van der Waals surface area contributed by atoms with Gasteiger partial charge in [-0.25, -0.2) is 14.4 Å². The standard InChI is InChI=1S/C27H34N4O8.C3H8/c1-17(29-22(32)14-28-25(36)39-27(2,3)4)23(33)30-20-12-10-18(11-13-20)16-38-26(37)31(5)15-19-8-6-7-9-21(19)24(34)35;1-3-2/h6-13,17H,14-16H2,1-5H3,(H,28,36)(H,29,32)(H,30,33)(H,34,35);3H2,1-2H3. The number of anilines is 1. The first kappa shape index (κ1) is 35.4. The van der Waals surface area contributed by atoms with Crippen LogP contribution in [0.2, 0.25) is 0 Å². The van der Waals surface area contributed by atoms with Crippen LogP contribution in [-0.2, 0) is 32.2 Å². The van der Waals surface area contributed by atoms with E-state index in [9.17, 15) is 29.1 Å². The van der Waals surface area contributed by atoms with Crippen molar-refractivity contribution in [3.8, 4) is 0 Å². The summed E-state index contributed by atoms with van der Waals surface area (Å²) < 4.78 is 10.3. The smallest absolute Gasteiger partial charge is 0.410 e. The number of carbonyl (C=O) groups excluding carboxylic acids is 4. The van der Waals surface area contributed by atoms with Gasteiger partial charge in [0.1, 0.15) is 24.8 Å². The third-order valence-corrected chi connectivity index (χ3v) is 5.11. The van der Waals surface area contributed by atoms with Gasteiger partial charge in [0.25, 0.3) is 0 Å². The lowest BCUT2D eigenvalue weighted by Gasteiger charge is -2.20. The molecule has 0 aliphatic heterocycles. The summed E-state index contributed by atoms with van der Waals surface area (Å²) in [4.78, 5) is 61.0. The van der Waals surface area contributed by atoms with Gasteiger partial charge in [-0.05, 0) is 57.0 Å². The molecule has 0 aliphatic carbocycles. The topological polar surface area (TPSA) is 163 Å². The van der Waals surface area contributed by atoms with Crippen LogP contribution in [0, 0.1) is 0 Å². The van der Waals surface area contributed by atoms with Crippen molar-refractivity contribution in [1.29, 1.82) is 0 Å². The molecule has 42 heavy (non-hydrogen) atoms. The fourth-order valence-electron chi connectivity index (χ4n) is 3.20. The van der Waals surface area contributed by atoms with Crippen molar-refractivity contribution in [2.24, 2.45) is 0 Å². The van der Waals surface area contributed by atoms with Crippen molar-refractivity contribution in [3.05, 3.63) is 65.2 Å². The Kier molecular flexibility index (Phi) is 14.6. The van der Waals surface area contributed by atoms with Crippen LogP contribution in [0.4, 0.5) is 15.3 Å². The zero-order valence-corrected chi connectivity index (χ0v) is 25.3. The highest BCUT2D eigenvalue weighted by molar-refractivity contribution is 5.97. The van der Waals surface area contributed by atoms with Gasteiger partial charge in [0.05, 0.1) is 5.56 Å². The Morgan fingerprint density at radius 2 is 1.57 bits per heavy atom. The van der Waals surface area contributed by atoms with E-state index in [-0.39, 0.29) is 25.3 Å². The van der Waals surface area contributed by atoms with Gasteiger partial charge in [-0.3, -0.25) is 9.59 Å². The number of ether oxygens (including phenoxy) is 2. The van der Waals surface area contributed by atoms with Crippen LogP contribution in [0.1, 0.15) is 69.4 Å². The van der Waals surface area contributed by atoms with Gasteiger partial charge in [-0.1, -0.05) is 50.6 Å². The van der Waals surface area contributed by atoms with Gasteiger partial charge in [-0.15, -0.1) is 0 Å². The second kappa shape index (κ2) is 17.3. The van der Waals surface area contributed by atoms with Crippen molar-refractivity contribution >= 4 is 35.7 Å². The van der Waals surface area contributed by atoms with Crippen molar-refractivity contribution in [2.45, 2.75) is 72.8 Å². The largest absolute Gasteiger partial charge is 0.478 e. The van der Waals surface area contributed by atoms with Gasteiger partial charge < -0.3 is 35.4 Å². The van der Waals surface area contributed by atoms with Crippen molar-refractivity contribution in [1.82, 2.24) is 15.5 Å². The van der Waals surface area contributed by atoms with E-state index in [1.54, 1.807) is 63.2 Å². The summed E-state index contributed by atoms with van der Waals surface area (Å²) in [6.07, 6.45) is -0.117. The van der Waals surface area contributed by atoms with Crippen molar-refractivity contribution in [2.75, 3.05) is 18.9 Å². The molecular formula is C30H42N4O8. The molecule has 0 aromatic heterocycles. The number of aromatic carboxylic acids is 1. The molecule has 12 heteroatoms. The maximum Gasteiger partial charge on any atom is 0.410 e.